The van der Waals surface area contributed by atoms with Crippen LogP contribution in [0, 0.1) is 0 Å². The van der Waals surface area contributed by atoms with Crippen LogP contribution in [0.4, 0.5) is 5.69 Å². The molecule has 0 atom stereocenters. The van der Waals surface area contributed by atoms with Crippen LogP contribution in [0.15, 0.2) is 18.2 Å². The van der Waals surface area contributed by atoms with Gasteiger partial charge in [-0.05, 0) is 31.0 Å². The van der Waals surface area contributed by atoms with Crippen LogP contribution in [0.3, 0.4) is 0 Å². The molecular formula is C15H19ClN2O3. The predicted octanol–water partition coefficient (Wildman–Crippen LogP) is 2.33. The molecule has 6 heteroatoms. The number of carbonyl (C=O) groups excluding carboxylic acids is 2. The summed E-state index contributed by atoms with van der Waals surface area (Å²) in [7, 11) is 0. The number of nitrogens with one attached hydrogen (secondary N) is 2. The molecule has 0 heterocycles. The van der Waals surface area contributed by atoms with E-state index in [0.717, 1.165) is 25.7 Å². The van der Waals surface area contributed by atoms with Gasteiger partial charge in [-0.15, -0.1) is 0 Å². The van der Waals surface area contributed by atoms with Crippen LogP contribution < -0.4 is 10.6 Å². The highest BCUT2D eigenvalue weighted by atomic mass is 35.5. The first-order chi connectivity index (χ1) is 9.96. The van der Waals surface area contributed by atoms with Crippen molar-refractivity contribution in [3.63, 3.8) is 0 Å². The molecule has 21 heavy (non-hydrogen) atoms. The fraction of sp³-hybridized carbons (Fsp3) is 0.467. The second-order valence-electron chi connectivity index (χ2n) is 5.48. The Bertz CT molecular complexity index is 554. The fourth-order valence-corrected chi connectivity index (χ4v) is 2.87. The number of aliphatic hydroxyl groups excluding tert-OH is 1. The molecule has 1 aliphatic rings. The van der Waals surface area contributed by atoms with Crippen molar-refractivity contribution >= 4 is 29.1 Å². The number of rotatable bonds is 4. The maximum Gasteiger partial charge on any atom is 0.253 e. The first-order valence-corrected chi connectivity index (χ1v) is 7.34. The molecule has 1 saturated carbocycles. The van der Waals surface area contributed by atoms with Gasteiger partial charge in [-0.2, -0.15) is 0 Å². The number of benzene rings is 1. The molecule has 114 valence electrons. The van der Waals surface area contributed by atoms with Crippen molar-refractivity contribution < 1.29 is 14.7 Å². The molecule has 0 saturated heterocycles. The lowest BCUT2D eigenvalue weighted by Crippen LogP contribution is -2.49. The topological polar surface area (TPSA) is 78.4 Å². The smallest absolute Gasteiger partial charge is 0.253 e. The summed E-state index contributed by atoms with van der Waals surface area (Å²) in [6.45, 7) is 1.31. The predicted molar refractivity (Wildman–Crippen MR) is 81.5 cm³/mol. The summed E-state index contributed by atoms with van der Waals surface area (Å²) in [5, 5.41) is 15.4. The summed E-state index contributed by atoms with van der Waals surface area (Å²) in [6, 6.07) is 4.75. The summed E-state index contributed by atoms with van der Waals surface area (Å²) in [6.07, 6.45) is 3.50. The Hall–Kier alpha value is -1.59. The third-order valence-electron chi connectivity index (χ3n) is 3.77. The number of hydrogen-bond donors (Lipinski definition) is 3. The zero-order valence-corrected chi connectivity index (χ0v) is 12.7. The Kier molecular flexibility index (Phi) is 4.85. The molecule has 0 spiro atoms. The van der Waals surface area contributed by atoms with Crippen LogP contribution in [-0.4, -0.2) is 29.1 Å². The molecule has 1 aliphatic carbocycles. The highest BCUT2D eigenvalue weighted by Crippen LogP contribution is 2.30. The van der Waals surface area contributed by atoms with E-state index in [1.54, 1.807) is 18.2 Å². The van der Waals surface area contributed by atoms with Crippen molar-refractivity contribution in [1.82, 2.24) is 5.32 Å². The SMILES string of the molecule is CC(=O)Nc1ccc(Cl)c(C(=O)NC2(CO)CCCC2)c1. The van der Waals surface area contributed by atoms with Gasteiger partial charge in [-0.25, -0.2) is 0 Å². The minimum atomic E-state index is -0.551. The molecule has 1 aromatic rings. The second-order valence-corrected chi connectivity index (χ2v) is 5.88. The summed E-state index contributed by atoms with van der Waals surface area (Å²) < 4.78 is 0. The van der Waals surface area contributed by atoms with Crippen molar-refractivity contribution in [2.75, 3.05) is 11.9 Å². The Morgan fingerprint density at radius 3 is 2.57 bits per heavy atom. The van der Waals surface area contributed by atoms with E-state index >= 15 is 0 Å². The van der Waals surface area contributed by atoms with Crippen LogP contribution in [0.1, 0.15) is 43.0 Å². The van der Waals surface area contributed by atoms with Gasteiger partial charge in [-0.3, -0.25) is 9.59 Å². The number of carbonyl (C=O) groups is 2. The Labute approximate surface area is 128 Å². The highest BCUT2D eigenvalue weighted by molar-refractivity contribution is 6.34. The summed E-state index contributed by atoms with van der Waals surface area (Å²) in [5.74, 6) is -0.547. The zero-order chi connectivity index (χ0) is 15.5. The van der Waals surface area contributed by atoms with Gasteiger partial charge < -0.3 is 15.7 Å². The first-order valence-electron chi connectivity index (χ1n) is 6.96. The van der Waals surface area contributed by atoms with Crippen LogP contribution in [0.2, 0.25) is 5.02 Å². The van der Waals surface area contributed by atoms with E-state index in [9.17, 15) is 14.7 Å². The number of halogens is 1. The minimum Gasteiger partial charge on any atom is -0.394 e. The van der Waals surface area contributed by atoms with Crippen molar-refractivity contribution in [2.24, 2.45) is 0 Å². The maximum absolute atomic E-state index is 12.4. The van der Waals surface area contributed by atoms with Crippen LogP contribution >= 0.6 is 11.6 Å². The molecular weight excluding hydrogens is 292 g/mol. The van der Waals surface area contributed by atoms with Crippen LogP contribution in [0.5, 0.6) is 0 Å². The monoisotopic (exact) mass is 310 g/mol. The third-order valence-corrected chi connectivity index (χ3v) is 4.10. The van der Waals surface area contributed by atoms with Gasteiger partial charge in [0.1, 0.15) is 0 Å². The van der Waals surface area contributed by atoms with E-state index in [1.807, 2.05) is 0 Å². The Balaban J connectivity index is 2.20. The van der Waals surface area contributed by atoms with Gasteiger partial charge in [0.05, 0.1) is 22.7 Å². The molecule has 0 unspecified atom stereocenters. The van der Waals surface area contributed by atoms with Gasteiger partial charge >= 0.3 is 0 Å². The lowest BCUT2D eigenvalue weighted by molar-refractivity contribution is -0.114. The maximum atomic E-state index is 12.4. The van der Waals surface area contributed by atoms with Gasteiger partial charge in [-0.1, -0.05) is 24.4 Å². The lowest BCUT2D eigenvalue weighted by atomic mass is 9.98. The van der Waals surface area contributed by atoms with E-state index in [4.69, 9.17) is 11.6 Å². The number of anilines is 1. The average Bonchev–Trinajstić information content (AvgIpc) is 2.89. The van der Waals surface area contributed by atoms with E-state index < -0.39 is 5.54 Å². The van der Waals surface area contributed by atoms with Gasteiger partial charge in [0, 0.05) is 12.6 Å². The molecule has 0 bridgehead atoms. The van der Waals surface area contributed by atoms with E-state index in [-0.39, 0.29) is 18.4 Å². The normalized spacial score (nSPS) is 16.5. The minimum absolute atomic E-state index is 0.0816. The highest BCUT2D eigenvalue weighted by Gasteiger charge is 2.35. The molecule has 0 aliphatic heterocycles. The van der Waals surface area contributed by atoms with E-state index in [1.165, 1.54) is 6.92 Å². The number of hydrogen-bond acceptors (Lipinski definition) is 3. The summed E-state index contributed by atoms with van der Waals surface area (Å²) in [5.41, 5.74) is 0.258. The Morgan fingerprint density at radius 1 is 1.33 bits per heavy atom. The van der Waals surface area contributed by atoms with Crippen molar-refractivity contribution in [2.45, 2.75) is 38.1 Å². The molecule has 3 N–H and O–H groups in total. The molecule has 0 aromatic heterocycles. The lowest BCUT2D eigenvalue weighted by Gasteiger charge is -2.28. The molecule has 1 aromatic carbocycles. The van der Waals surface area contributed by atoms with Gasteiger partial charge in [0.2, 0.25) is 5.91 Å². The van der Waals surface area contributed by atoms with Crippen molar-refractivity contribution in [3.8, 4) is 0 Å². The third kappa shape index (κ3) is 3.74. The van der Waals surface area contributed by atoms with Crippen molar-refractivity contribution in [3.05, 3.63) is 28.8 Å². The quantitative estimate of drug-likeness (QED) is 0.798. The summed E-state index contributed by atoms with van der Waals surface area (Å²) in [4.78, 5) is 23.5. The fourth-order valence-electron chi connectivity index (χ4n) is 2.66. The molecule has 0 radical (unpaired) electrons. The van der Waals surface area contributed by atoms with Crippen LogP contribution in [-0.2, 0) is 4.79 Å². The molecule has 2 rings (SSSR count). The molecule has 5 nitrogen and oxygen atoms in total. The molecule has 2 amide bonds. The standard InChI is InChI=1S/C15H19ClN2O3/c1-10(20)17-11-4-5-13(16)12(8-11)14(21)18-15(9-19)6-2-3-7-15/h4-5,8,19H,2-3,6-7,9H2,1H3,(H,17,20)(H,18,21). The van der Waals surface area contributed by atoms with Crippen LogP contribution in [0.25, 0.3) is 0 Å². The number of aliphatic hydroxyl groups is 1. The van der Waals surface area contributed by atoms with Crippen molar-refractivity contribution in [1.29, 1.82) is 0 Å². The Morgan fingerprint density at radius 2 is 2.00 bits per heavy atom. The van der Waals surface area contributed by atoms with E-state index in [2.05, 4.69) is 10.6 Å². The van der Waals surface area contributed by atoms with Gasteiger partial charge in [0.15, 0.2) is 0 Å². The largest absolute Gasteiger partial charge is 0.394 e. The number of amides is 2. The zero-order valence-electron chi connectivity index (χ0n) is 11.9. The first kappa shape index (κ1) is 15.8. The summed E-state index contributed by atoms with van der Waals surface area (Å²) >= 11 is 6.07. The van der Waals surface area contributed by atoms with Gasteiger partial charge in [0.25, 0.3) is 5.91 Å². The molecule has 1 fully saturated rings. The second kappa shape index (κ2) is 6.45. The average molecular weight is 311 g/mol. The van der Waals surface area contributed by atoms with E-state index in [0.29, 0.717) is 16.3 Å².